The van der Waals surface area contributed by atoms with E-state index in [0.29, 0.717) is 0 Å². The summed E-state index contributed by atoms with van der Waals surface area (Å²) in [5, 5.41) is 15.9. The number of hydrogen-bond donors (Lipinski definition) is 0. The Morgan fingerprint density at radius 1 is 0.372 bits per heavy atom. The summed E-state index contributed by atoms with van der Waals surface area (Å²) in [6.45, 7) is 0. The maximum absolute atomic E-state index is 6.42. The van der Waals surface area contributed by atoms with Crippen LogP contribution in [0.15, 0.2) is 156 Å². The van der Waals surface area contributed by atoms with Crippen LogP contribution in [0.4, 0.5) is 0 Å². The zero-order valence-corrected chi connectivity index (χ0v) is 23.2. The van der Waals surface area contributed by atoms with E-state index in [-0.39, 0.29) is 0 Å². The highest BCUT2D eigenvalue weighted by molar-refractivity contribution is 6.17. The average Bonchev–Trinajstić information content (AvgIpc) is 3.47. The second kappa shape index (κ2) is 10.5. The lowest BCUT2D eigenvalue weighted by Crippen LogP contribution is -2.02. The van der Waals surface area contributed by atoms with Gasteiger partial charge in [-0.15, -0.1) is 10.2 Å². The zero-order valence-electron chi connectivity index (χ0n) is 23.2. The second-order valence-electron chi connectivity index (χ2n) is 10.5. The quantitative estimate of drug-likeness (QED) is 0.214. The third-order valence-electron chi connectivity index (χ3n) is 7.95. The van der Waals surface area contributed by atoms with Gasteiger partial charge in [-0.1, -0.05) is 133 Å². The van der Waals surface area contributed by atoms with E-state index in [2.05, 4.69) is 107 Å². The molecule has 8 rings (SSSR count). The van der Waals surface area contributed by atoms with Crippen LogP contribution in [0.3, 0.4) is 0 Å². The van der Waals surface area contributed by atoms with Gasteiger partial charge in [0, 0.05) is 27.5 Å². The van der Waals surface area contributed by atoms with Crippen molar-refractivity contribution in [2.24, 2.45) is 0 Å². The number of hydrogen-bond acceptors (Lipinski definition) is 4. The summed E-state index contributed by atoms with van der Waals surface area (Å²) in [5.74, 6) is 0. The van der Waals surface area contributed by atoms with E-state index < -0.39 is 0 Å². The van der Waals surface area contributed by atoms with E-state index in [1.165, 1.54) is 0 Å². The van der Waals surface area contributed by atoms with E-state index in [1.807, 2.05) is 54.6 Å². The van der Waals surface area contributed by atoms with Crippen molar-refractivity contribution < 1.29 is 4.42 Å². The molecule has 202 valence electrons. The van der Waals surface area contributed by atoms with Crippen molar-refractivity contribution in [3.8, 4) is 55.9 Å². The van der Waals surface area contributed by atoms with Crippen molar-refractivity contribution in [1.29, 1.82) is 0 Å². The number of furan rings is 1. The van der Waals surface area contributed by atoms with Gasteiger partial charge in [0.1, 0.15) is 22.6 Å². The van der Waals surface area contributed by atoms with E-state index in [4.69, 9.17) is 9.52 Å². The molecule has 0 aliphatic rings. The minimum Gasteiger partial charge on any atom is -0.456 e. The first-order chi connectivity index (χ1) is 21.4. The summed E-state index contributed by atoms with van der Waals surface area (Å²) in [6, 6.07) is 52.0. The van der Waals surface area contributed by atoms with Gasteiger partial charge in [0.05, 0.1) is 0 Å². The Kier molecular flexibility index (Phi) is 6.08. The third-order valence-corrected chi connectivity index (χ3v) is 7.95. The van der Waals surface area contributed by atoms with E-state index >= 15 is 0 Å². The van der Waals surface area contributed by atoms with Gasteiger partial charge in [-0.3, -0.25) is 0 Å². The molecule has 2 aromatic heterocycles. The lowest BCUT2D eigenvalue weighted by Gasteiger charge is -2.18. The van der Waals surface area contributed by atoms with E-state index in [0.717, 1.165) is 77.8 Å². The van der Waals surface area contributed by atoms with E-state index in [9.17, 15) is 0 Å². The number of benzene rings is 6. The van der Waals surface area contributed by atoms with Crippen LogP contribution in [0.5, 0.6) is 0 Å². The molecule has 0 atom stereocenters. The molecule has 0 saturated heterocycles. The molecular weight excluding hydrogens is 526 g/mol. The first kappa shape index (κ1) is 24.9. The standard InChI is InChI=1S/C39H25N3O/c1-4-14-26(15-5-1)29-20-10-11-21-30(29)31-24-25-34-36(32-22-12-13-23-33(32)43-34)37(31)39-35(27-16-6-2-7-17-27)38(40-42-41-39)28-18-8-3-9-19-28/h1-25H. The summed E-state index contributed by atoms with van der Waals surface area (Å²) >= 11 is 0. The summed E-state index contributed by atoms with van der Waals surface area (Å²) in [6.07, 6.45) is 0. The van der Waals surface area contributed by atoms with Crippen molar-refractivity contribution in [1.82, 2.24) is 15.4 Å². The molecule has 0 spiro atoms. The van der Waals surface area contributed by atoms with Crippen molar-refractivity contribution in [3.05, 3.63) is 152 Å². The number of fused-ring (bicyclic) bond motifs is 3. The highest BCUT2D eigenvalue weighted by Gasteiger charge is 2.25. The number of aromatic nitrogens is 3. The first-order valence-electron chi connectivity index (χ1n) is 14.3. The zero-order chi connectivity index (χ0) is 28.6. The van der Waals surface area contributed by atoms with Crippen LogP contribution in [0, 0.1) is 0 Å². The predicted octanol–water partition coefficient (Wildman–Crippen LogP) is 10.1. The van der Waals surface area contributed by atoms with Crippen LogP contribution < -0.4 is 0 Å². The maximum atomic E-state index is 6.42. The summed E-state index contributed by atoms with van der Waals surface area (Å²) in [7, 11) is 0. The van der Waals surface area contributed by atoms with Gasteiger partial charge < -0.3 is 4.42 Å². The largest absolute Gasteiger partial charge is 0.456 e. The highest BCUT2D eigenvalue weighted by Crippen LogP contribution is 2.48. The number of para-hydroxylation sites is 1. The molecule has 2 heterocycles. The molecule has 0 aliphatic heterocycles. The Labute approximate surface area is 248 Å². The molecular formula is C39H25N3O. The van der Waals surface area contributed by atoms with Crippen molar-refractivity contribution in [3.63, 3.8) is 0 Å². The van der Waals surface area contributed by atoms with Crippen molar-refractivity contribution in [2.45, 2.75) is 0 Å². The lowest BCUT2D eigenvalue weighted by molar-refractivity contribution is 0.669. The van der Waals surface area contributed by atoms with Gasteiger partial charge in [0.2, 0.25) is 0 Å². The smallest absolute Gasteiger partial charge is 0.136 e. The molecule has 0 bridgehead atoms. The fourth-order valence-corrected chi connectivity index (χ4v) is 6.05. The highest BCUT2D eigenvalue weighted by atomic mass is 16.3. The van der Waals surface area contributed by atoms with Crippen molar-refractivity contribution >= 4 is 21.9 Å². The molecule has 0 N–H and O–H groups in total. The Morgan fingerprint density at radius 2 is 0.953 bits per heavy atom. The fourth-order valence-electron chi connectivity index (χ4n) is 6.05. The van der Waals surface area contributed by atoms with Gasteiger partial charge in [-0.05, 0) is 51.2 Å². The Hall–Kier alpha value is -5.87. The van der Waals surface area contributed by atoms with Gasteiger partial charge >= 0.3 is 0 Å². The summed E-state index contributed by atoms with van der Waals surface area (Å²) < 4.78 is 6.42. The Morgan fingerprint density at radius 3 is 1.70 bits per heavy atom. The molecule has 6 aromatic carbocycles. The van der Waals surface area contributed by atoms with Gasteiger partial charge in [0.25, 0.3) is 0 Å². The minimum atomic E-state index is 0.759. The molecule has 4 heteroatoms. The molecule has 0 aliphatic carbocycles. The minimum absolute atomic E-state index is 0.759. The van der Waals surface area contributed by atoms with Crippen LogP contribution in [0.1, 0.15) is 0 Å². The van der Waals surface area contributed by atoms with Crippen LogP contribution in [-0.2, 0) is 0 Å². The lowest BCUT2D eigenvalue weighted by atomic mass is 9.86. The molecule has 43 heavy (non-hydrogen) atoms. The molecule has 0 amide bonds. The third kappa shape index (κ3) is 4.28. The van der Waals surface area contributed by atoms with Crippen LogP contribution in [-0.4, -0.2) is 15.4 Å². The molecule has 4 nitrogen and oxygen atoms in total. The van der Waals surface area contributed by atoms with Crippen LogP contribution in [0.2, 0.25) is 0 Å². The first-order valence-corrected chi connectivity index (χ1v) is 14.3. The Bertz CT molecular complexity index is 2220. The molecule has 0 fully saturated rings. The molecule has 0 radical (unpaired) electrons. The van der Waals surface area contributed by atoms with E-state index in [1.54, 1.807) is 0 Å². The number of rotatable bonds is 5. The van der Waals surface area contributed by atoms with Crippen LogP contribution >= 0.6 is 0 Å². The van der Waals surface area contributed by atoms with Gasteiger partial charge in [0.15, 0.2) is 0 Å². The number of nitrogens with zero attached hydrogens (tertiary/aromatic N) is 3. The Balaban J connectivity index is 1.54. The summed E-state index contributed by atoms with van der Waals surface area (Å²) in [4.78, 5) is 0. The molecule has 0 saturated carbocycles. The van der Waals surface area contributed by atoms with Crippen molar-refractivity contribution in [2.75, 3.05) is 0 Å². The molecule has 0 unspecified atom stereocenters. The maximum Gasteiger partial charge on any atom is 0.136 e. The topological polar surface area (TPSA) is 51.8 Å². The van der Waals surface area contributed by atoms with Crippen LogP contribution in [0.25, 0.3) is 77.8 Å². The van der Waals surface area contributed by atoms with Gasteiger partial charge in [-0.2, -0.15) is 0 Å². The second-order valence-corrected chi connectivity index (χ2v) is 10.5. The normalized spacial score (nSPS) is 11.3. The predicted molar refractivity (Wildman–Crippen MR) is 174 cm³/mol. The monoisotopic (exact) mass is 551 g/mol. The summed E-state index contributed by atoms with van der Waals surface area (Å²) in [5.41, 5.74) is 11.5. The fraction of sp³-hybridized carbons (Fsp3) is 0. The SMILES string of the molecule is c1ccc(-c2ccccc2-c2ccc3oc4ccccc4c3c2-c2nnnc(-c3ccccc3)c2-c2ccccc2)cc1. The van der Waals surface area contributed by atoms with Gasteiger partial charge in [-0.25, -0.2) is 0 Å². The average molecular weight is 552 g/mol. The molecule has 8 aromatic rings.